The van der Waals surface area contributed by atoms with Crippen molar-refractivity contribution >= 4 is 5.97 Å². The lowest BCUT2D eigenvalue weighted by atomic mass is 9.93. The maximum atomic E-state index is 12.0. The Bertz CT molecular complexity index is 127. The van der Waals surface area contributed by atoms with E-state index in [-0.39, 0.29) is 12.5 Å². The number of carboxylic acids is 1. The molecule has 0 bridgehead atoms. The first-order valence-corrected chi connectivity index (χ1v) is 3.53. The third kappa shape index (κ3) is 3.32. The molecule has 0 saturated carbocycles. The summed E-state index contributed by atoms with van der Waals surface area (Å²) in [5.41, 5.74) is 0. The Morgan fingerprint density at radius 2 is 2.18 bits per heavy atom. The van der Waals surface area contributed by atoms with Gasteiger partial charge < -0.3 is 10.2 Å². The second-order valence-corrected chi connectivity index (χ2v) is 2.59. The molecule has 0 aliphatic carbocycles. The van der Waals surface area contributed by atoms with E-state index in [0.717, 1.165) is 0 Å². The fourth-order valence-corrected chi connectivity index (χ4v) is 0.866. The predicted octanol–water partition coefficient (Wildman–Crippen LogP) is 0.675. The van der Waals surface area contributed by atoms with Gasteiger partial charge in [-0.3, -0.25) is 9.18 Å². The molecule has 0 heterocycles. The lowest BCUT2D eigenvalue weighted by molar-refractivity contribution is -0.144. The van der Waals surface area contributed by atoms with Crippen LogP contribution in [-0.2, 0) is 4.79 Å². The highest BCUT2D eigenvalue weighted by atomic mass is 19.1. The van der Waals surface area contributed by atoms with Crippen LogP contribution in [0.1, 0.15) is 13.3 Å². The van der Waals surface area contributed by atoms with Gasteiger partial charge in [-0.05, 0) is 12.3 Å². The minimum atomic E-state index is -1.13. The molecule has 2 unspecified atom stereocenters. The highest BCUT2D eigenvalue weighted by Crippen LogP contribution is 2.15. The summed E-state index contributed by atoms with van der Waals surface area (Å²) in [4.78, 5) is 10.3. The molecule has 4 heteroatoms. The molecule has 0 aliphatic heterocycles. The van der Waals surface area contributed by atoms with Crippen LogP contribution in [0.5, 0.6) is 0 Å². The van der Waals surface area contributed by atoms with Gasteiger partial charge in [0, 0.05) is 6.61 Å². The molecule has 0 fully saturated rings. The van der Waals surface area contributed by atoms with E-state index in [1.54, 1.807) is 6.92 Å². The van der Waals surface area contributed by atoms with E-state index in [0.29, 0.717) is 6.42 Å². The lowest BCUT2D eigenvalue weighted by Gasteiger charge is -2.15. The summed E-state index contributed by atoms with van der Waals surface area (Å²) in [7, 11) is 0. The van der Waals surface area contributed by atoms with Crippen LogP contribution in [-0.4, -0.2) is 29.5 Å². The second kappa shape index (κ2) is 5.07. The Morgan fingerprint density at radius 3 is 2.45 bits per heavy atom. The number of rotatable bonds is 5. The summed E-state index contributed by atoms with van der Waals surface area (Å²) >= 11 is 0. The average molecular weight is 164 g/mol. The molecule has 11 heavy (non-hydrogen) atoms. The number of alkyl halides is 1. The van der Waals surface area contributed by atoms with Crippen molar-refractivity contribution in [3.05, 3.63) is 0 Å². The summed E-state index contributed by atoms with van der Waals surface area (Å²) in [6.07, 6.45) is 0.334. The Kier molecular flexibility index (Phi) is 4.77. The van der Waals surface area contributed by atoms with E-state index in [1.165, 1.54) is 0 Å². The minimum Gasteiger partial charge on any atom is -0.481 e. The Balaban J connectivity index is 3.91. The van der Waals surface area contributed by atoms with E-state index in [9.17, 15) is 9.18 Å². The fourth-order valence-electron chi connectivity index (χ4n) is 0.866. The molecule has 3 nitrogen and oxygen atoms in total. The van der Waals surface area contributed by atoms with Crippen molar-refractivity contribution in [2.24, 2.45) is 11.8 Å². The van der Waals surface area contributed by atoms with Crippen LogP contribution in [0.25, 0.3) is 0 Å². The largest absolute Gasteiger partial charge is 0.481 e. The molecular formula is C7H13FO3. The molecule has 2 atom stereocenters. The third-order valence-electron chi connectivity index (χ3n) is 1.75. The number of halogens is 1. The van der Waals surface area contributed by atoms with Crippen molar-refractivity contribution in [1.82, 2.24) is 0 Å². The van der Waals surface area contributed by atoms with E-state index in [2.05, 4.69) is 0 Å². The molecule has 0 spiro atoms. The normalized spacial score (nSPS) is 15.9. The first kappa shape index (κ1) is 10.4. The van der Waals surface area contributed by atoms with Gasteiger partial charge in [0.15, 0.2) is 0 Å². The summed E-state index contributed by atoms with van der Waals surface area (Å²) in [5.74, 6) is -2.40. The van der Waals surface area contributed by atoms with Gasteiger partial charge in [0.05, 0.1) is 5.92 Å². The smallest absolute Gasteiger partial charge is 0.309 e. The van der Waals surface area contributed by atoms with Crippen molar-refractivity contribution in [3.63, 3.8) is 0 Å². The molecule has 0 radical (unpaired) electrons. The van der Waals surface area contributed by atoms with Crippen LogP contribution in [0, 0.1) is 11.8 Å². The predicted molar refractivity (Wildman–Crippen MR) is 38.0 cm³/mol. The number of aliphatic hydroxyl groups is 1. The summed E-state index contributed by atoms with van der Waals surface area (Å²) in [5, 5.41) is 16.9. The van der Waals surface area contributed by atoms with Crippen molar-refractivity contribution < 1.29 is 19.4 Å². The monoisotopic (exact) mass is 164 g/mol. The van der Waals surface area contributed by atoms with Crippen molar-refractivity contribution in [1.29, 1.82) is 0 Å². The first-order chi connectivity index (χ1) is 5.13. The molecule has 0 aromatic heterocycles. The number of hydrogen-bond acceptors (Lipinski definition) is 2. The summed E-state index contributed by atoms with van der Waals surface area (Å²) in [6.45, 7) is 0.663. The highest BCUT2D eigenvalue weighted by molar-refractivity contribution is 5.70. The van der Waals surface area contributed by atoms with Crippen LogP contribution in [0.15, 0.2) is 0 Å². The van der Waals surface area contributed by atoms with E-state index in [1.807, 2.05) is 0 Å². The van der Waals surface area contributed by atoms with Gasteiger partial charge in [0.2, 0.25) is 0 Å². The van der Waals surface area contributed by atoms with Gasteiger partial charge in [0.1, 0.15) is 6.67 Å². The molecule has 0 amide bonds. The molecule has 0 aromatic rings. The van der Waals surface area contributed by atoms with Gasteiger partial charge in [-0.2, -0.15) is 0 Å². The van der Waals surface area contributed by atoms with Gasteiger partial charge in [-0.15, -0.1) is 0 Å². The second-order valence-electron chi connectivity index (χ2n) is 2.59. The molecular weight excluding hydrogens is 151 g/mol. The van der Waals surface area contributed by atoms with Gasteiger partial charge in [-0.25, -0.2) is 0 Å². The fraction of sp³-hybridized carbons (Fsp3) is 0.857. The molecule has 0 saturated heterocycles. The Hall–Kier alpha value is -0.640. The zero-order valence-corrected chi connectivity index (χ0v) is 6.46. The molecule has 0 aliphatic rings. The van der Waals surface area contributed by atoms with Crippen molar-refractivity contribution in [3.8, 4) is 0 Å². The molecule has 0 aromatic carbocycles. The first-order valence-electron chi connectivity index (χ1n) is 3.53. The van der Waals surface area contributed by atoms with Crippen LogP contribution in [0.2, 0.25) is 0 Å². The molecule has 0 rings (SSSR count). The number of hydrogen-bond donors (Lipinski definition) is 2. The maximum Gasteiger partial charge on any atom is 0.309 e. The van der Waals surface area contributed by atoms with Crippen LogP contribution in [0.4, 0.5) is 4.39 Å². The van der Waals surface area contributed by atoms with Crippen LogP contribution >= 0.6 is 0 Å². The maximum absolute atomic E-state index is 12.0. The number of aliphatic hydroxyl groups excluding tert-OH is 1. The number of carboxylic acid groups (broad SMARTS) is 1. The topological polar surface area (TPSA) is 57.5 Å². The number of carbonyl (C=O) groups is 1. The Labute approximate surface area is 64.8 Å². The quantitative estimate of drug-likeness (QED) is 0.628. The standard InChI is InChI=1S/C7H13FO3/c1-5(2-3-9)6(4-8)7(10)11/h5-6,9H,2-4H2,1H3,(H,10,11). The minimum absolute atomic E-state index is 0.0923. The van der Waals surface area contributed by atoms with E-state index < -0.39 is 18.6 Å². The van der Waals surface area contributed by atoms with Crippen LogP contribution in [0.3, 0.4) is 0 Å². The SMILES string of the molecule is CC(CCO)C(CF)C(=O)O. The zero-order chi connectivity index (χ0) is 8.85. The number of aliphatic carboxylic acids is 1. The van der Waals surface area contributed by atoms with Crippen LogP contribution < -0.4 is 0 Å². The average Bonchev–Trinajstić information content (AvgIpc) is 1.88. The van der Waals surface area contributed by atoms with Gasteiger partial charge in [0.25, 0.3) is 0 Å². The highest BCUT2D eigenvalue weighted by Gasteiger charge is 2.23. The van der Waals surface area contributed by atoms with Gasteiger partial charge in [-0.1, -0.05) is 6.92 Å². The molecule has 66 valence electrons. The Morgan fingerprint density at radius 1 is 1.64 bits per heavy atom. The molecule has 2 N–H and O–H groups in total. The van der Waals surface area contributed by atoms with Crippen molar-refractivity contribution in [2.75, 3.05) is 13.3 Å². The zero-order valence-electron chi connectivity index (χ0n) is 6.46. The van der Waals surface area contributed by atoms with Crippen molar-refractivity contribution in [2.45, 2.75) is 13.3 Å². The summed E-state index contributed by atoms with van der Waals surface area (Å²) in [6, 6.07) is 0. The van der Waals surface area contributed by atoms with E-state index in [4.69, 9.17) is 10.2 Å². The third-order valence-corrected chi connectivity index (χ3v) is 1.75. The van der Waals surface area contributed by atoms with E-state index >= 15 is 0 Å². The lowest BCUT2D eigenvalue weighted by Crippen LogP contribution is -2.24. The summed E-state index contributed by atoms with van der Waals surface area (Å²) < 4.78 is 12.0. The van der Waals surface area contributed by atoms with Gasteiger partial charge >= 0.3 is 5.97 Å².